The van der Waals surface area contributed by atoms with E-state index in [0.717, 1.165) is 32.1 Å². The standard InChI is InChI=1S/C29H41N5O6/c1-28(2,3)40-27(39)34-29(4,5)26(38)31-20(16-18-12-8-6-9-13-18)24(35)33-21-17-30-23(32-21)22(25(36)37)19-14-10-7-11-15-19/h7,10-11,14-15,17-18,20,22H,6,8-9,12-13,16H2,1-5H3,(H,30,32)(H,31,38)(H,33,35)(H,34,39)(H,36,37)/t20-,22?/m1/s1. The molecule has 0 saturated heterocycles. The third kappa shape index (κ3) is 8.82. The Bertz CT molecular complexity index is 1180. The Hall–Kier alpha value is -3.89. The maximum atomic E-state index is 13.4. The predicted octanol–water partition coefficient (Wildman–Crippen LogP) is 4.32. The average Bonchev–Trinajstić information content (AvgIpc) is 3.30. The van der Waals surface area contributed by atoms with E-state index >= 15 is 0 Å². The first kappa shape index (κ1) is 30.6. The van der Waals surface area contributed by atoms with Gasteiger partial charge in [0.05, 0.1) is 0 Å². The van der Waals surface area contributed by atoms with Crippen LogP contribution < -0.4 is 16.0 Å². The minimum atomic E-state index is -1.35. The number of alkyl carbamates (subject to hydrolysis) is 1. The number of nitrogens with one attached hydrogen (secondary N) is 4. The number of rotatable bonds is 10. The lowest BCUT2D eigenvalue weighted by Crippen LogP contribution is -2.59. The first-order valence-corrected chi connectivity index (χ1v) is 13.7. The summed E-state index contributed by atoms with van der Waals surface area (Å²) in [5.74, 6) is -2.55. The third-order valence-electron chi connectivity index (χ3n) is 6.80. The van der Waals surface area contributed by atoms with Gasteiger partial charge in [0.1, 0.15) is 28.9 Å². The van der Waals surface area contributed by atoms with Gasteiger partial charge in [-0.05, 0) is 52.5 Å². The van der Waals surface area contributed by atoms with Crippen LogP contribution in [0.25, 0.3) is 0 Å². The van der Waals surface area contributed by atoms with Gasteiger partial charge in [0.15, 0.2) is 5.82 Å². The molecule has 218 valence electrons. The number of ether oxygens (including phenoxy) is 1. The zero-order valence-corrected chi connectivity index (χ0v) is 23.9. The zero-order valence-electron chi connectivity index (χ0n) is 23.9. The van der Waals surface area contributed by atoms with E-state index in [1.807, 2.05) is 0 Å². The maximum Gasteiger partial charge on any atom is 0.408 e. The van der Waals surface area contributed by atoms with Gasteiger partial charge in [-0.15, -0.1) is 0 Å². The van der Waals surface area contributed by atoms with Gasteiger partial charge in [-0.1, -0.05) is 62.4 Å². The van der Waals surface area contributed by atoms with Gasteiger partial charge in [-0.25, -0.2) is 9.78 Å². The van der Waals surface area contributed by atoms with Crippen molar-refractivity contribution in [1.82, 2.24) is 20.6 Å². The first-order valence-electron chi connectivity index (χ1n) is 13.7. The molecule has 11 nitrogen and oxygen atoms in total. The van der Waals surface area contributed by atoms with Gasteiger partial charge in [0, 0.05) is 6.20 Å². The molecule has 5 N–H and O–H groups in total. The van der Waals surface area contributed by atoms with Gasteiger partial charge in [-0.3, -0.25) is 14.4 Å². The molecule has 11 heteroatoms. The first-order chi connectivity index (χ1) is 18.7. The van der Waals surface area contributed by atoms with Gasteiger partial charge in [0.2, 0.25) is 11.8 Å². The Balaban J connectivity index is 1.75. The topological polar surface area (TPSA) is 163 Å². The Morgan fingerprint density at radius 3 is 2.30 bits per heavy atom. The number of carboxylic acid groups (broad SMARTS) is 1. The van der Waals surface area contributed by atoms with Gasteiger partial charge >= 0.3 is 12.1 Å². The average molecular weight is 556 g/mol. The molecule has 2 aromatic rings. The summed E-state index contributed by atoms with van der Waals surface area (Å²) in [6.07, 6.45) is 6.32. The Morgan fingerprint density at radius 1 is 1.05 bits per heavy atom. The van der Waals surface area contributed by atoms with Crippen molar-refractivity contribution in [3.63, 3.8) is 0 Å². The molecule has 1 aromatic carbocycles. The number of carboxylic acids is 1. The molecule has 0 bridgehead atoms. The van der Waals surface area contributed by atoms with Crippen LogP contribution in [0.5, 0.6) is 0 Å². The molecule has 1 aliphatic carbocycles. The summed E-state index contributed by atoms with van der Waals surface area (Å²) < 4.78 is 5.28. The fourth-order valence-corrected chi connectivity index (χ4v) is 4.77. The van der Waals surface area contributed by atoms with Crippen LogP contribution in [0.3, 0.4) is 0 Å². The summed E-state index contributed by atoms with van der Waals surface area (Å²) in [5, 5.41) is 17.9. The number of aromatic amines is 1. The third-order valence-corrected chi connectivity index (χ3v) is 6.80. The van der Waals surface area contributed by atoms with Crippen LogP contribution in [0.2, 0.25) is 0 Å². The number of amides is 3. The summed E-state index contributed by atoms with van der Waals surface area (Å²) in [5.41, 5.74) is -1.54. The number of aliphatic carboxylic acids is 1. The highest BCUT2D eigenvalue weighted by molar-refractivity contribution is 5.98. The molecule has 1 unspecified atom stereocenters. The van der Waals surface area contributed by atoms with Crippen molar-refractivity contribution < 1.29 is 29.0 Å². The number of benzene rings is 1. The molecular formula is C29H41N5O6. The van der Waals surface area contributed by atoms with E-state index in [-0.39, 0.29) is 17.6 Å². The van der Waals surface area contributed by atoms with Crippen LogP contribution in [0.15, 0.2) is 36.5 Å². The highest BCUT2D eigenvalue weighted by Crippen LogP contribution is 2.28. The maximum absolute atomic E-state index is 13.4. The highest BCUT2D eigenvalue weighted by atomic mass is 16.6. The number of hydrogen-bond donors (Lipinski definition) is 5. The van der Waals surface area contributed by atoms with E-state index in [9.17, 15) is 24.3 Å². The van der Waals surface area contributed by atoms with E-state index in [1.165, 1.54) is 20.0 Å². The van der Waals surface area contributed by atoms with E-state index in [0.29, 0.717) is 12.0 Å². The minimum Gasteiger partial charge on any atom is -0.480 e. The second-order valence-electron chi connectivity index (χ2n) is 11.9. The van der Waals surface area contributed by atoms with Crippen LogP contribution in [-0.4, -0.2) is 56.1 Å². The normalized spacial score (nSPS) is 15.9. The molecular weight excluding hydrogens is 514 g/mol. The molecule has 3 amide bonds. The van der Waals surface area contributed by atoms with Crippen molar-refractivity contribution in [1.29, 1.82) is 0 Å². The van der Waals surface area contributed by atoms with Crippen LogP contribution >= 0.6 is 0 Å². The summed E-state index contributed by atoms with van der Waals surface area (Å²) in [4.78, 5) is 58.2. The molecule has 1 aromatic heterocycles. The molecule has 1 aliphatic rings. The second-order valence-corrected chi connectivity index (χ2v) is 11.9. The van der Waals surface area contributed by atoms with Crippen LogP contribution in [0.1, 0.15) is 90.4 Å². The summed E-state index contributed by atoms with van der Waals surface area (Å²) in [6.45, 7) is 8.25. The van der Waals surface area contributed by atoms with Gasteiger partial charge < -0.3 is 30.8 Å². The van der Waals surface area contributed by atoms with E-state index in [4.69, 9.17) is 4.74 Å². The fraction of sp³-hybridized carbons (Fsp3) is 0.552. The predicted molar refractivity (Wildman–Crippen MR) is 150 cm³/mol. The number of H-pyrrole nitrogens is 1. The number of carbonyl (C=O) groups is 4. The Morgan fingerprint density at radius 2 is 1.70 bits per heavy atom. The van der Waals surface area contributed by atoms with E-state index in [1.54, 1.807) is 51.1 Å². The van der Waals surface area contributed by atoms with Crippen molar-refractivity contribution >= 4 is 29.7 Å². The largest absolute Gasteiger partial charge is 0.480 e. The Labute approximate surface area is 234 Å². The smallest absolute Gasteiger partial charge is 0.408 e. The van der Waals surface area contributed by atoms with Crippen LogP contribution in [-0.2, 0) is 19.1 Å². The number of aromatic nitrogens is 2. The van der Waals surface area contributed by atoms with Gasteiger partial charge in [0.25, 0.3) is 0 Å². The lowest BCUT2D eigenvalue weighted by Gasteiger charge is -2.31. The summed E-state index contributed by atoms with van der Waals surface area (Å²) in [7, 11) is 0. The lowest BCUT2D eigenvalue weighted by atomic mass is 9.84. The molecule has 2 atom stereocenters. The second kappa shape index (κ2) is 13.0. The highest BCUT2D eigenvalue weighted by Gasteiger charge is 2.35. The summed E-state index contributed by atoms with van der Waals surface area (Å²) in [6, 6.07) is 7.79. The number of imidazole rings is 1. The summed E-state index contributed by atoms with van der Waals surface area (Å²) >= 11 is 0. The van der Waals surface area contributed by atoms with Crippen molar-refractivity contribution in [3.05, 3.63) is 47.9 Å². The minimum absolute atomic E-state index is 0.149. The van der Waals surface area contributed by atoms with Crippen molar-refractivity contribution in [2.24, 2.45) is 5.92 Å². The molecule has 0 aliphatic heterocycles. The number of nitrogens with zero attached hydrogens (tertiary/aromatic N) is 1. The van der Waals surface area contributed by atoms with Crippen LogP contribution in [0.4, 0.5) is 10.6 Å². The van der Waals surface area contributed by atoms with Crippen LogP contribution in [0, 0.1) is 5.92 Å². The molecule has 1 fully saturated rings. The SMILES string of the molecule is CC(C)(C)OC(=O)NC(C)(C)C(=O)N[C@H](CC1CCCCC1)C(=O)Nc1c[nH]c(C(C(=O)O)c2ccccc2)n1. The quantitative estimate of drug-likeness (QED) is 0.291. The Kier molecular flexibility index (Phi) is 9.94. The fourth-order valence-electron chi connectivity index (χ4n) is 4.77. The molecule has 1 saturated carbocycles. The van der Waals surface area contributed by atoms with Gasteiger partial charge in [-0.2, -0.15) is 0 Å². The monoisotopic (exact) mass is 555 g/mol. The number of anilines is 1. The van der Waals surface area contributed by atoms with Crippen molar-refractivity contribution in [2.75, 3.05) is 5.32 Å². The van der Waals surface area contributed by atoms with Crippen molar-refractivity contribution in [2.45, 2.75) is 96.2 Å². The molecule has 0 radical (unpaired) electrons. The van der Waals surface area contributed by atoms with E-state index < -0.39 is 47.0 Å². The molecule has 40 heavy (non-hydrogen) atoms. The van der Waals surface area contributed by atoms with E-state index in [2.05, 4.69) is 25.9 Å². The zero-order chi connectivity index (χ0) is 29.5. The van der Waals surface area contributed by atoms with Crippen molar-refractivity contribution in [3.8, 4) is 0 Å². The molecule has 1 heterocycles. The molecule has 0 spiro atoms. The molecule has 3 rings (SSSR count). The number of carbonyl (C=O) groups excluding carboxylic acids is 3. The lowest BCUT2D eigenvalue weighted by molar-refractivity contribution is -0.137. The number of hydrogen-bond acceptors (Lipinski definition) is 6.